The van der Waals surface area contributed by atoms with Gasteiger partial charge < -0.3 is 15.3 Å². The van der Waals surface area contributed by atoms with Gasteiger partial charge >= 0.3 is 12.0 Å². The number of rotatable bonds is 3. The highest BCUT2D eigenvalue weighted by Crippen LogP contribution is 2.46. The first-order valence-corrected chi connectivity index (χ1v) is 7.28. The summed E-state index contributed by atoms with van der Waals surface area (Å²) in [5, 5.41) is 11.5. The molecular formula is C15H22N2O3. The van der Waals surface area contributed by atoms with Crippen molar-refractivity contribution in [1.29, 1.82) is 0 Å². The van der Waals surface area contributed by atoms with Gasteiger partial charge in [-0.1, -0.05) is 12.8 Å². The Bertz CT molecular complexity index is 411. The molecule has 0 aromatic carbocycles. The quantitative estimate of drug-likeness (QED) is 0.774. The molecule has 1 atom stereocenters. The zero-order chi connectivity index (χ0) is 14.6. The molecule has 2 aliphatic rings. The van der Waals surface area contributed by atoms with Gasteiger partial charge in [-0.3, -0.25) is 0 Å². The fourth-order valence-electron chi connectivity index (χ4n) is 3.37. The second kappa shape index (κ2) is 6.17. The van der Waals surface area contributed by atoms with Gasteiger partial charge in [0, 0.05) is 19.5 Å². The monoisotopic (exact) mass is 278 g/mol. The van der Waals surface area contributed by atoms with E-state index in [1.54, 1.807) is 4.90 Å². The minimum Gasteiger partial charge on any atom is -0.480 e. The maximum Gasteiger partial charge on any atom is 0.327 e. The van der Waals surface area contributed by atoms with Crippen LogP contribution in [0.2, 0.25) is 0 Å². The number of urea groups is 1. The Labute approximate surface area is 119 Å². The summed E-state index contributed by atoms with van der Waals surface area (Å²) in [7, 11) is 0. The molecule has 1 saturated carbocycles. The number of hydrogen-bond acceptors (Lipinski definition) is 2. The SMILES string of the molecule is C#CCC(NC(=O)N1CCC2(CCCC2)CC1)C(=O)O. The van der Waals surface area contributed by atoms with E-state index >= 15 is 0 Å². The highest BCUT2D eigenvalue weighted by Gasteiger charge is 2.38. The van der Waals surface area contributed by atoms with Crippen molar-refractivity contribution in [3.05, 3.63) is 0 Å². The first-order chi connectivity index (χ1) is 9.56. The Morgan fingerprint density at radius 3 is 2.35 bits per heavy atom. The first-order valence-electron chi connectivity index (χ1n) is 7.28. The van der Waals surface area contributed by atoms with Crippen LogP contribution in [0.3, 0.4) is 0 Å². The van der Waals surface area contributed by atoms with Crippen molar-refractivity contribution in [2.45, 2.75) is 51.0 Å². The minimum absolute atomic E-state index is 0.0127. The number of terminal acetylenes is 1. The lowest BCUT2D eigenvalue weighted by molar-refractivity contribution is -0.139. The van der Waals surface area contributed by atoms with Gasteiger partial charge in [0.25, 0.3) is 0 Å². The predicted octanol–water partition coefficient (Wildman–Crippen LogP) is 1.83. The number of carbonyl (C=O) groups excluding carboxylic acids is 1. The van der Waals surface area contributed by atoms with E-state index in [2.05, 4.69) is 11.2 Å². The van der Waals surface area contributed by atoms with Gasteiger partial charge in [0.2, 0.25) is 0 Å². The fraction of sp³-hybridized carbons (Fsp3) is 0.733. The van der Waals surface area contributed by atoms with E-state index in [9.17, 15) is 9.59 Å². The fourth-order valence-corrected chi connectivity index (χ4v) is 3.37. The topological polar surface area (TPSA) is 69.6 Å². The molecule has 1 spiro atoms. The number of carboxylic acids is 1. The number of amides is 2. The third kappa shape index (κ3) is 3.24. The lowest BCUT2D eigenvalue weighted by Gasteiger charge is -2.39. The Hall–Kier alpha value is -1.70. The molecule has 1 aliphatic heterocycles. The summed E-state index contributed by atoms with van der Waals surface area (Å²) in [6.45, 7) is 1.43. The third-order valence-electron chi connectivity index (χ3n) is 4.69. The second-order valence-corrected chi connectivity index (χ2v) is 5.94. The molecule has 2 amide bonds. The lowest BCUT2D eigenvalue weighted by Crippen LogP contribution is -2.51. The summed E-state index contributed by atoms with van der Waals surface area (Å²) in [6, 6.07) is -1.30. The summed E-state index contributed by atoms with van der Waals surface area (Å²) < 4.78 is 0. The van der Waals surface area contributed by atoms with E-state index in [-0.39, 0.29) is 12.5 Å². The van der Waals surface area contributed by atoms with Gasteiger partial charge in [-0.15, -0.1) is 12.3 Å². The van der Waals surface area contributed by atoms with Gasteiger partial charge in [-0.25, -0.2) is 9.59 Å². The summed E-state index contributed by atoms with van der Waals surface area (Å²) in [5.74, 6) is 1.20. The molecule has 20 heavy (non-hydrogen) atoms. The van der Waals surface area contributed by atoms with Gasteiger partial charge in [0.05, 0.1) is 0 Å². The van der Waals surface area contributed by atoms with Crippen molar-refractivity contribution in [1.82, 2.24) is 10.2 Å². The number of piperidine rings is 1. The van der Waals surface area contributed by atoms with Crippen molar-refractivity contribution in [2.24, 2.45) is 5.41 Å². The molecule has 0 aromatic heterocycles. The number of carbonyl (C=O) groups is 2. The maximum absolute atomic E-state index is 12.1. The molecule has 5 heteroatoms. The van der Waals surface area contributed by atoms with E-state index in [0.29, 0.717) is 18.5 Å². The first kappa shape index (κ1) is 14.7. The van der Waals surface area contributed by atoms with Crippen LogP contribution in [0.5, 0.6) is 0 Å². The van der Waals surface area contributed by atoms with Crippen molar-refractivity contribution in [3.63, 3.8) is 0 Å². The minimum atomic E-state index is -1.08. The van der Waals surface area contributed by atoms with Gasteiger partial charge in [0.15, 0.2) is 0 Å². The molecular weight excluding hydrogens is 256 g/mol. The normalized spacial score (nSPS) is 22.2. The number of nitrogens with one attached hydrogen (secondary N) is 1. The van der Waals surface area contributed by atoms with Crippen molar-refractivity contribution < 1.29 is 14.7 Å². The van der Waals surface area contributed by atoms with Gasteiger partial charge in [-0.2, -0.15) is 0 Å². The number of likely N-dealkylation sites (tertiary alicyclic amines) is 1. The molecule has 1 unspecified atom stereocenters. The molecule has 1 saturated heterocycles. The molecule has 110 valence electrons. The average Bonchev–Trinajstić information content (AvgIpc) is 2.87. The molecule has 2 fully saturated rings. The Morgan fingerprint density at radius 1 is 1.25 bits per heavy atom. The highest BCUT2D eigenvalue weighted by atomic mass is 16.4. The van der Waals surface area contributed by atoms with Crippen LogP contribution in [-0.2, 0) is 4.79 Å². The van der Waals surface area contributed by atoms with E-state index < -0.39 is 12.0 Å². The standard InChI is InChI=1S/C15H22N2O3/c1-2-5-12(13(18)19)16-14(20)17-10-8-15(9-11-17)6-3-4-7-15/h1,12H,3-11H2,(H,16,20)(H,18,19). The summed E-state index contributed by atoms with van der Waals surface area (Å²) in [5.41, 5.74) is 0.446. The molecule has 0 bridgehead atoms. The molecule has 5 nitrogen and oxygen atoms in total. The molecule has 2 rings (SSSR count). The molecule has 0 radical (unpaired) electrons. The van der Waals surface area contributed by atoms with Crippen molar-refractivity contribution in [2.75, 3.05) is 13.1 Å². The van der Waals surface area contributed by atoms with Crippen LogP contribution in [0.25, 0.3) is 0 Å². The van der Waals surface area contributed by atoms with Crippen LogP contribution >= 0.6 is 0 Å². The predicted molar refractivity (Wildman–Crippen MR) is 75.1 cm³/mol. The molecule has 2 N–H and O–H groups in total. The van der Waals surface area contributed by atoms with Crippen LogP contribution in [0.4, 0.5) is 4.79 Å². The zero-order valence-electron chi connectivity index (χ0n) is 11.7. The number of aliphatic carboxylic acids is 1. The van der Waals surface area contributed by atoms with Crippen LogP contribution in [-0.4, -0.2) is 41.1 Å². The third-order valence-corrected chi connectivity index (χ3v) is 4.69. The highest BCUT2D eigenvalue weighted by molar-refractivity contribution is 5.82. The Kier molecular flexibility index (Phi) is 4.53. The van der Waals surface area contributed by atoms with Crippen molar-refractivity contribution >= 4 is 12.0 Å². The van der Waals surface area contributed by atoms with Crippen LogP contribution < -0.4 is 5.32 Å². The molecule has 1 aliphatic carbocycles. The molecule has 0 aromatic rings. The van der Waals surface area contributed by atoms with E-state index in [4.69, 9.17) is 11.5 Å². The van der Waals surface area contributed by atoms with Crippen LogP contribution in [0.1, 0.15) is 44.9 Å². The van der Waals surface area contributed by atoms with Gasteiger partial charge in [0.1, 0.15) is 6.04 Å². The number of nitrogens with zero attached hydrogens (tertiary/aromatic N) is 1. The zero-order valence-corrected chi connectivity index (χ0v) is 11.7. The van der Waals surface area contributed by atoms with E-state index in [0.717, 1.165) is 12.8 Å². The average molecular weight is 278 g/mol. The van der Waals surface area contributed by atoms with E-state index in [1.807, 2.05) is 0 Å². The smallest absolute Gasteiger partial charge is 0.327 e. The molecule has 1 heterocycles. The number of hydrogen-bond donors (Lipinski definition) is 2. The second-order valence-electron chi connectivity index (χ2n) is 5.94. The van der Waals surface area contributed by atoms with Crippen molar-refractivity contribution in [3.8, 4) is 12.3 Å². The Balaban J connectivity index is 1.85. The van der Waals surface area contributed by atoms with Crippen LogP contribution in [0.15, 0.2) is 0 Å². The lowest BCUT2D eigenvalue weighted by atomic mass is 9.77. The Morgan fingerprint density at radius 2 is 1.85 bits per heavy atom. The summed E-state index contributed by atoms with van der Waals surface area (Å²) in [6.07, 6.45) is 12.4. The maximum atomic E-state index is 12.1. The van der Waals surface area contributed by atoms with E-state index in [1.165, 1.54) is 25.7 Å². The van der Waals surface area contributed by atoms with Gasteiger partial charge in [-0.05, 0) is 31.1 Å². The summed E-state index contributed by atoms with van der Waals surface area (Å²) in [4.78, 5) is 24.8. The number of carboxylic acid groups (broad SMARTS) is 1. The summed E-state index contributed by atoms with van der Waals surface area (Å²) >= 11 is 0. The largest absolute Gasteiger partial charge is 0.480 e. The van der Waals surface area contributed by atoms with Crippen LogP contribution in [0, 0.1) is 17.8 Å².